The molecule has 1 saturated heterocycles. The molecule has 0 atom stereocenters. The quantitative estimate of drug-likeness (QED) is 0.850. The highest BCUT2D eigenvalue weighted by atomic mass is 35.5. The van der Waals surface area contributed by atoms with Crippen LogP contribution in [0.1, 0.15) is 29.8 Å². The van der Waals surface area contributed by atoms with E-state index in [-0.39, 0.29) is 18.3 Å². The summed E-state index contributed by atoms with van der Waals surface area (Å²) in [7, 11) is 1.97. The van der Waals surface area contributed by atoms with Gasteiger partial charge in [0.1, 0.15) is 5.69 Å². The van der Waals surface area contributed by atoms with Gasteiger partial charge in [0.2, 0.25) is 5.76 Å². The molecule has 1 aliphatic rings. The van der Waals surface area contributed by atoms with Crippen LogP contribution < -0.4 is 5.32 Å². The lowest BCUT2D eigenvalue weighted by Crippen LogP contribution is -2.38. The minimum absolute atomic E-state index is 0. The van der Waals surface area contributed by atoms with Gasteiger partial charge in [0.25, 0.3) is 5.91 Å². The maximum atomic E-state index is 12.6. The number of amides is 1. The Morgan fingerprint density at radius 3 is 2.80 bits per heavy atom. The Hall–Kier alpha value is -1.56. The fraction of sp³-hybridized carbons (Fsp3) is 0.444. The van der Waals surface area contributed by atoms with Gasteiger partial charge in [-0.15, -0.1) is 12.4 Å². The fourth-order valence-electron chi connectivity index (χ4n) is 3.09. The predicted octanol–water partition coefficient (Wildman–Crippen LogP) is 3.88. The Balaban J connectivity index is 0.00000225. The molecule has 2 heterocycles. The third kappa shape index (κ3) is 4.97. The highest BCUT2D eigenvalue weighted by Crippen LogP contribution is 2.25. The van der Waals surface area contributed by atoms with Crippen LogP contribution in [0.4, 0.5) is 0 Å². The molecule has 0 saturated carbocycles. The van der Waals surface area contributed by atoms with Crippen molar-refractivity contribution in [1.82, 2.24) is 15.4 Å². The van der Waals surface area contributed by atoms with Crippen LogP contribution in [0.2, 0.25) is 5.02 Å². The second-order valence-electron chi connectivity index (χ2n) is 6.21. The van der Waals surface area contributed by atoms with Crippen LogP contribution in [0, 0.1) is 5.92 Å². The maximum absolute atomic E-state index is 12.6. The normalized spacial score (nSPS) is 15.0. The first-order valence-electron chi connectivity index (χ1n) is 8.34. The molecule has 1 aliphatic heterocycles. The summed E-state index contributed by atoms with van der Waals surface area (Å²) in [6, 6.07) is 9.05. The van der Waals surface area contributed by atoms with Crippen molar-refractivity contribution in [2.45, 2.75) is 19.3 Å². The first-order chi connectivity index (χ1) is 11.7. The molecule has 0 spiro atoms. The molecule has 7 heteroatoms. The Morgan fingerprint density at radius 2 is 2.12 bits per heavy atom. The number of rotatable bonds is 5. The molecule has 1 amide bonds. The van der Waals surface area contributed by atoms with Crippen LogP contribution in [0.3, 0.4) is 0 Å². The third-order valence-corrected chi connectivity index (χ3v) is 4.78. The van der Waals surface area contributed by atoms with Gasteiger partial charge in [-0.25, -0.2) is 0 Å². The van der Waals surface area contributed by atoms with Crippen LogP contribution in [-0.2, 0) is 0 Å². The number of halogens is 2. The Labute approximate surface area is 159 Å². The average Bonchev–Trinajstić information content (AvgIpc) is 3.10. The van der Waals surface area contributed by atoms with Gasteiger partial charge in [0.15, 0.2) is 0 Å². The Kier molecular flexibility index (Phi) is 7.29. The minimum Gasteiger partial charge on any atom is -0.350 e. The van der Waals surface area contributed by atoms with Gasteiger partial charge >= 0.3 is 0 Å². The molecule has 25 heavy (non-hydrogen) atoms. The molecule has 1 aromatic heterocycles. The van der Waals surface area contributed by atoms with E-state index in [1.165, 1.54) is 6.42 Å². The number of piperidine rings is 1. The fourth-order valence-corrected chi connectivity index (χ4v) is 3.28. The Bertz CT molecular complexity index is 697. The molecule has 0 aliphatic carbocycles. The standard InChI is InChI=1S/C18H22ClN3O2.ClH/c1-20-8-5-13-6-9-22(10-7-13)18(23)17-12-16(21-24-17)14-3-2-4-15(19)11-14;/h2-4,11-13,20H,5-10H2,1H3;1H. The highest BCUT2D eigenvalue weighted by molar-refractivity contribution is 6.30. The summed E-state index contributed by atoms with van der Waals surface area (Å²) < 4.78 is 5.27. The molecule has 1 fully saturated rings. The van der Waals surface area contributed by atoms with Crippen molar-refractivity contribution in [3.8, 4) is 11.3 Å². The SMILES string of the molecule is CNCCC1CCN(C(=O)c2cc(-c3cccc(Cl)c3)no2)CC1.Cl. The van der Waals surface area contributed by atoms with E-state index in [2.05, 4.69) is 10.5 Å². The summed E-state index contributed by atoms with van der Waals surface area (Å²) in [5, 5.41) is 7.82. The molecular formula is C18H23Cl2N3O2. The van der Waals surface area contributed by atoms with Gasteiger partial charge in [-0.2, -0.15) is 0 Å². The number of hydrogen-bond acceptors (Lipinski definition) is 4. The summed E-state index contributed by atoms with van der Waals surface area (Å²) in [6.45, 7) is 2.59. The number of hydrogen-bond donors (Lipinski definition) is 1. The topological polar surface area (TPSA) is 58.4 Å². The van der Waals surface area contributed by atoms with E-state index < -0.39 is 0 Å². The van der Waals surface area contributed by atoms with E-state index in [4.69, 9.17) is 16.1 Å². The highest BCUT2D eigenvalue weighted by Gasteiger charge is 2.26. The molecule has 136 valence electrons. The van der Waals surface area contributed by atoms with E-state index in [0.29, 0.717) is 22.4 Å². The molecule has 3 rings (SSSR count). The molecule has 0 unspecified atom stereocenters. The number of likely N-dealkylation sites (tertiary alicyclic amines) is 1. The van der Waals surface area contributed by atoms with Gasteiger partial charge in [-0.05, 0) is 50.9 Å². The van der Waals surface area contributed by atoms with Gasteiger partial charge < -0.3 is 14.7 Å². The van der Waals surface area contributed by atoms with Gasteiger partial charge in [0, 0.05) is 29.7 Å². The van der Waals surface area contributed by atoms with Crippen LogP contribution in [0.5, 0.6) is 0 Å². The van der Waals surface area contributed by atoms with Crippen molar-refractivity contribution >= 4 is 29.9 Å². The second kappa shape index (κ2) is 9.22. The summed E-state index contributed by atoms with van der Waals surface area (Å²) in [4.78, 5) is 14.4. The molecule has 2 aromatic rings. The number of carbonyl (C=O) groups is 1. The van der Waals surface area contributed by atoms with Crippen molar-refractivity contribution in [2.75, 3.05) is 26.7 Å². The zero-order valence-corrected chi connectivity index (χ0v) is 15.8. The lowest BCUT2D eigenvalue weighted by Gasteiger charge is -2.31. The van der Waals surface area contributed by atoms with Gasteiger partial charge in [0.05, 0.1) is 0 Å². The van der Waals surface area contributed by atoms with Crippen molar-refractivity contribution in [3.05, 3.63) is 41.1 Å². The molecular weight excluding hydrogens is 361 g/mol. The summed E-state index contributed by atoms with van der Waals surface area (Å²) in [5.74, 6) is 0.903. The zero-order valence-electron chi connectivity index (χ0n) is 14.2. The largest absolute Gasteiger partial charge is 0.350 e. The predicted molar refractivity (Wildman–Crippen MR) is 101 cm³/mol. The van der Waals surface area contributed by atoms with Crippen molar-refractivity contribution in [2.24, 2.45) is 5.92 Å². The summed E-state index contributed by atoms with van der Waals surface area (Å²) >= 11 is 6.00. The lowest BCUT2D eigenvalue weighted by molar-refractivity contribution is 0.0645. The van der Waals surface area contributed by atoms with E-state index in [1.54, 1.807) is 18.2 Å². The maximum Gasteiger partial charge on any atom is 0.292 e. The van der Waals surface area contributed by atoms with E-state index in [1.807, 2.05) is 24.1 Å². The van der Waals surface area contributed by atoms with Crippen LogP contribution >= 0.6 is 24.0 Å². The third-order valence-electron chi connectivity index (χ3n) is 4.55. The lowest BCUT2D eigenvalue weighted by atomic mass is 9.93. The smallest absolute Gasteiger partial charge is 0.292 e. The molecule has 5 nitrogen and oxygen atoms in total. The van der Waals surface area contributed by atoms with Crippen LogP contribution in [0.15, 0.2) is 34.9 Å². The van der Waals surface area contributed by atoms with E-state index in [9.17, 15) is 4.79 Å². The number of aromatic nitrogens is 1. The van der Waals surface area contributed by atoms with Crippen LogP contribution in [0.25, 0.3) is 11.3 Å². The monoisotopic (exact) mass is 383 g/mol. The molecule has 1 N–H and O–H groups in total. The zero-order chi connectivity index (χ0) is 16.9. The number of nitrogens with zero attached hydrogens (tertiary/aromatic N) is 2. The van der Waals surface area contributed by atoms with E-state index in [0.717, 1.165) is 38.0 Å². The number of carbonyl (C=O) groups excluding carboxylic acids is 1. The first-order valence-corrected chi connectivity index (χ1v) is 8.71. The molecule has 0 radical (unpaired) electrons. The average molecular weight is 384 g/mol. The molecule has 1 aromatic carbocycles. The second-order valence-corrected chi connectivity index (χ2v) is 6.65. The van der Waals surface area contributed by atoms with Crippen molar-refractivity contribution in [3.63, 3.8) is 0 Å². The number of nitrogens with one attached hydrogen (secondary N) is 1. The van der Waals surface area contributed by atoms with Gasteiger partial charge in [-0.3, -0.25) is 4.79 Å². The minimum atomic E-state index is -0.0807. The Morgan fingerprint density at radius 1 is 1.36 bits per heavy atom. The van der Waals surface area contributed by atoms with Crippen molar-refractivity contribution in [1.29, 1.82) is 0 Å². The van der Waals surface area contributed by atoms with Crippen molar-refractivity contribution < 1.29 is 9.32 Å². The summed E-state index contributed by atoms with van der Waals surface area (Å²) in [6.07, 6.45) is 3.26. The van der Waals surface area contributed by atoms with Crippen LogP contribution in [-0.4, -0.2) is 42.6 Å². The first kappa shape index (κ1) is 19.8. The van der Waals surface area contributed by atoms with Gasteiger partial charge in [-0.1, -0.05) is 28.9 Å². The van der Waals surface area contributed by atoms with E-state index >= 15 is 0 Å². The molecule has 0 bridgehead atoms. The number of benzene rings is 1. The summed E-state index contributed by atoms with van der Waals surface area (Å²) in [5.41, 5.74) is 1.47.